The summed E-state index contributed by atoms with van der Waals surface area (Å²) < 4.78 is 11.6. The minimum absolute atomic E-state index is 0.310. The van der Waals surface area contributed by atoms with Gasteiger partial charge in [0.25, 0.3) is 0 Å². The van der Waals surface area contributed by atoms with Crippen LogP contribution in [0.2, 0.25) is 0 Å². The standard InChI is InChI=1S/C12H24O2/c1-4-6-7-8-11-9-10-13-12(3,5-2)14-11/h11H,4-10H2,1-3H3/t11-,12-/m1/s1. The Bertz CT molecular complexity index is 158. The molecule has 0 radical (unpaired) electrons. The fourth-order valence-corrected chi connectivity index (χ4v) is 1.86. The van der Waals surface area contributed by atoms with Crippen LogP contribution in [-0.4, -0.2) is 18.5 Å². The molecule has 84 valence electrons. The molecule has 0 unspecified atom stereocenters. The van der Waals surface area contributed by atoms with Crippen molar-refractivity contribution in [3.8, 4) is 0 Å². The lowest BCUT2D eigenvalue weighted by Crippen LogP contribution is -2.41. The smallest absolute Gasteiger partial charge is 0.165 e. The van der Waals surface area contributed by atoms with Crippen LogP contribution in [0.5, 0.6) is 0 Å². The first-order chi connectivity index (χ1) is 6.70. The van der Waals surface area contributed by atoms with Crippen molar-refractivity contribution in [2.24, 2.45) is 0 Å². The Morgan fingerprint density at radius 2 is 2.07 bits per heavy atom. The summed E-state index contributed by atoms with van der Waals surface area (Å²) in [6.07, 6.45) is 7.54. The minimum Gasteiger partial charge on any atom is -0.350 e. The first-order valence-corrected chi connectivity index (χ1v) is 6.02. The van der Waals surface area contributed by atoms with Crippen molar-refractivity contribution in [1.29, 1.82) is 0 Å². The summed E-state index contributed by atoms with van der Waals surface area (Å²) in [7, 11) is 0. The van der Waals surface area contributed by atoms with E-state index in [1.807, 2.05) is 0 Å². The van der Waals surface area contributed by atoms with E-state index in [0.717, 1.165) is 19.4 Å². The van der Waals surface area contributed by atoms with E-state index in [1.54, 1.807) is 0 Å². The zero-order valence-corrected chi connectivity index (χ0v) is 9.84. The Labute approximate surface area is 88.0 Å². The van der Waals surface area contributed by atoms with Crippen LogP contribution >= 0.6 is 0 Å². The highest BCUT2D eigenvalue weighted by molar-refractivity contribution is 4.71. The van der Waals surface area contributed by atoms with Gasteiger partial charge in [0.1, 0.15) is 0 Å². The minimum atomic E-state index is -0.310. The summed E-state index contributed by atoms with van der Waals surface area (Å²) in [4.78, 5) is 0. The number of hydrogen-bond donors (Lipinski definition) is 0. The van der Waals surface area contributed by atoms with E-state index in [0.29, 0.717) is 6.10 Å². The van der Waals surface area contributed by atoms with Crippen LogP contribution in [0.3, 0.4) is 0 Å². The van der Waals surface area contributed by atoms with Crippen molar-refractivity contribution in [3.05, 3.63) is 0 Å². The maximum atomic E-state index is 5.95. The van der Waals surface area contributed by atoms with Crippen LogP contribution in [-0.2, 0) is 9.47 Å². The van der Waals surface area contributed by atoms with Crippen molar-refractivity contribution in [2.45, 2.75) is 71.2 Å². The van der Waals surface area contributed by atoms with Crippen molar-refractivity contribution < 1.29 is 9.47 Å². The summed E-state index contributed by atoms with van der Waals surface area (Å²) in [5, 5.41) is 0. The summed E-state index contributed by atoms with van der Waals surface area (Å²) in [6, 6.07) is 0. The molecule has 1 aliphatic rings. The highest BCUT2D eigenvalue weighted by Crippen LogP contribution is 2.27. The lowest BCUT2D eigenvalue weighted by Gasteiger charge is -2.38. The average molecular weight is 200 g/mol. The zero-order chi connectivity index (χ0) is 10.4. The first-order valence-electron chi connectivity index (χ1n) is 6.02. The van der Waals surface area contributed by atoms with Crippen LogP contribution in [0.15, 0.2) is 0 Å². The van der Waals surface area contributed by atoms with Gasteiger partial charge in [0, 0.05) is 0 Å². The van der Waals surface area contributed by atoms with E-state index in [9.17, 15) is 0 Å². The molecule has 0 aliphatic carbocycles. The number of rotatable bonds is 5. The molecule has 0 aromatic heterocycles. The van der Waals surface area contributed by atoms with Gasteiger partial charge in [-0.15, -0.1) is 0 Å². The summed E-state index contributed by atoms with van der Waals surface area (Å²) in [6.45, 7) is 7.27. The molecule has 2 heteroatoms. The SMILES string of the molecule is CCCCC[C@@H]1CCO[C@@](C)(CC)O1. The third kappa shape index (κ3) is 3.58. The molecule has 0 bridgehead atoms. The summed E-state index contributed by atoms with van der Waals surface area (Å²) in [5.74, 6) is -0.310. The lowest BCUT2D eigenvalue weighted by atomic mass is 10.1. The average Bonchev–Trinajstić information content (AvgIpc) is 2.19. The number of ether oxygens (including phenoxy) is 2. The van der Waals surface area contributed by atoms with Gasteiger partial charge in [0.15, 0.2) is 5.79 Å². The van der Waals surface area contributed by atoms with Gasteiger partial charge in [-0.2, -0.15) is 0 Å². The lowest BCUT2D eigenvalue weighted by molar-refractivity contribution is -0.285. The highest BCUT2D eigenvalue weighted by Gasteiger charge is 2.31. The molecule has 0 saturated carbocycles. The van der Waals surface area contributed by atoms with Crippen LogP contribution in [0, 0.1) is 0 Å². The van der Waals surface area contributed by atoms with E-state index in [2.05, 4.69) is 20.8 Å². The molecule has 2 atom stereocenters. The predicted molar refractivity (Wildman–Crippen MR) is 58.3 cm³/mol. The van der Waals surface area contributed by atoms with Crippen molar-refractivity contribution in [3.63, 3.8) is 0 Å². The second kappa shape index (κ2) is 5.72. The second-order valence-corrected chi connectivity index (χ2v) is 4.36. The van der Waals surface area contributed by atoms with Crippen molar-refractivity contribution in [1.82, 2.24) is 0 Å². The normalized spacial score (nSPS) is 33.2. The van der Waals surface area contributed by atoms with Gasteiger partial charge in [-0.25, -0.2) is 0 Å². The van der Waals surface area contributed by atoms with E-state index < -0.39 is 0 Å². The van der Waals surface area contributed by atoms with Crippen LogP contribution < -0.4 is 0 Å². The summed E-state index contributed by atoms with van der Waals surface area (Å²) >= 11 is 0. The second-order valence-electron chi connectivity index (χ2n) is 4.36. The number of unbranched alkanes of at least 4 members (excludes halogenated alkanes) is 2. The maximum absolute atomic E-state index is 5.95. The Morgan fingerprint density at radius 3 is 2.71 bits per heavy atom. The van der Waals surface area contributed by atoms with Crippen LogP contribution in [0.1, 0.15) is 59.3 Å². The number of hydrogen-bond acceptors (Lipinski definition) is 2. The Morgan fingerprint density at radius 1 is 1.29 bits per heavy atom. The Hall–Kier alpha value is -0.0800. The predicted octanol–water partition coefficient (Wildman–Crippen LogP) is 3.50. The molecule has 1 rings (SSSR count). The van der Waals surface area contributed by atoms with E-state index in [4.69, 9.17) is 9.47 Å². The molecule has 0 aromatic rings. The topological polar surface area (TPSA) is 18.5 Å². The molecule has 0 aromatic carbocycles. The molecule has 1 saturated heterocycles. The largest absolute Gasteiger partial charge is 0.350 e. The molecule has 2 nitrogen and oxygen atoms in total. The van der Waals surface area contributed by atoms with Crippen LogP contribution in [0.4, 0.5) is 0 Å². The van der Waals surface area contributed by atoms with Crippen molar-refractivity contribution >= 4 is 0 Å². The highest BCUT2D eigenvalue weighted by atomic mass is 16.7. The Balaban J connectivity index is 2.25. The van der Waals surface area contributed by atoms with E-state index in [1.165, 1.54) is 25.7 Å². The molecular formula is C12H24O2. The van der Waals surface area contributed by atoms with Crippen LogP contribution in [0.25, 0.3) is 0 Å². The van der Waals surface area contributed by atoms with Gasteiger partial charge < -0.3 is 9.47 Å². The third-order valence-corrected chi connectivity index (χ3v) is 3.04. The summed E-state index contributed by atoms with van der Waals surface area (Å²) in [5.41, 5.74) is 0. The molecule has 1 aliphatic heterocycles. The van der Waals surface area contributed by atoms with Gasteiger partial charge in [0.05, 0.1) is 12.7 Å². The fraction of sp³-hybridized carbons (Fsp3) is 1.00. The Kier molecular flexibility index (Phi) is 4.90. The zero-order valence-electron chi connectivity index (χ0n) is 9.84. The van der Waals surface area contributed by atoms with Gasteiger partial charge >= 0.3 is 0 Å². The third-order valence-electron chi connectivity index (χ3n) is 3.04. The molecule has 0 spiro atoms. The van der Waals surface area contributed by atoms with E-state index in [-0.39, 0.29) is 5.79 Å². The van der Waals surface area contributed by atoms with Gasteiger partial charge in [-0.3, -0.25) is 0 Å². The first kappa shape index (κ1) is 12.0. The molecule has 1 heterocycles. The fourth-order valence-electron chi connectivity index (χ4n) is 1.86. The van der Waals surface area contributed by atoms with Gasteiger partial charge in [-0.05, 0) is 26.2 Å². The molecule has 0 amide bonds. The van der Waals surface area contributed by atoms with Crippen molar-refractivity contribution in [2.75, 3.05) is 6.61 Å². The van der Waals surface area contributed by atoms with Gasteiger partial charge in [0.2, 0.25) is 0 Å². The van der Waals surface area contributed by atoms with Gasteiger partial charge in [-0.1, -0.05) is 33.1 Å². The van der Waals surface area contributed by atoms with E-state index >= 15 is 0 Å². The molecule has 1 fully saturated rings. The molecule has 0 N–H and O–H groups in total. The maximum Gasteiger partial charge on any atom is 0.165 e. The molecule has 14 heavy (non-hydrogen) atoms. The monoisotopic (exact) mass is 200 g/mol. The molecular weight excluding hydrogens is 176 g/mol. The quantitative estimate of drug-likeness (QED) is 0.632.